The minimum atomic E-state index is -1.33. The lowest BCUT2D eigenvalue weighted by Gasteiger charge is -2.19. The van der Waals surface area contributed by atoms with Crippen molar-refractivity contribution < 1.29 is 39.0 Å². The Morgan fingerprint density at radius 2 is 1.80 bits per heavy atom. The van der Waals surface area contributed by atoms with Gasteiger partial charge in [0.15, 0.2) is 5.78 Å². The van der Waals surface area contributed by atoms with E-state index >= 15 is 0 Å². The van der Waals surface area contributed by atoms with Crippen LogP contribution in [0.4, 0.5) is 0 Å². The summed E-state index contributed by atoms with van der Waals surface area (Å²) in [4.78, 5) is 69.2. The lowest BCUT2D eigenvalue weighted by atomic mass is 10.1. The summed E-state index contributed by atoms with van der Waals surface area (Å²) in [6.45, 7) is -0.727. The third-order valence-electron chi connectivity index (χ3n) is 3.56. The molecule has 0 aromatic carbocycles. The van der Waals surface area contributed by atoms with Crippen molar-refractivity contribution in [2.24, 2.45) is 5.73 Å². The number of hydrogen-bond acceptors (Lipinski definition) is 8. The Labute approximate surface area is 184 Å². The van der Waals surface area contributed by atoms with Crippen molar-refractivity contribution in [3.8, 4) is 0 Å². The van der Waals surface area contributed by atoms with E-state index in [1.807, 2.05) is 0 Å². The fraction of sp³-hybridized carbons (Fsp3) is 0.375. The van der Waals surface area contributed by atoms with Crippen molar-refractivity contribution in [2.45, 2.75) is 24.9 Å². The number of Topliss-reactive ketones (excluding diaryl/α,β-unsaturated/α-hetero) is 1. The van der Waals surface area contributed by atoms with E-state index in [1.54, 1.807) is 0 Å². The second-order valence-corrected chi connectivity index (χ2v) is 7.67. The Morgan fingerprint density at radius 1 is 1.17 bits per heavy atom. The molecule has 1 rings (SSSR count). The molecule has 2 amide bonds. The topological polar surface area (TPSA) is 193 Å². The van der Waals surface area contributed by atoms with Gasteiger partial charge < -0.3 is 26.6 Å². The number of thioether (sulfide) groups is 1. The number of allylic oxidation sites excluding steroid dienone is 4. The molecule has 0 spiro atoms. The molecule has 0 aliphatic heterocycles. The van der Waals surface area contributed by atoms with Gasteiger partial charge in [-0.25, -0.2) is 0 Å². The Morgan fingerprint density at radius 3 is 2.37 bits per heavy atom. The maximum Gasteiger partial charge on any atom is 0.322 e. The number of carbonyl (C=O) groups is 6. The van der Waals surface area contributed by atoms with Gasteiger partial charge in [0.1, 0.15) is 23.7 Å². The SMILES string of the molecule is N[C@@H](CCC(=O)N[C@@H](CSC1=C(Cl)C(=O)C=C(Cl)C1=O)C(=O)NCC(=O)O)C(=O)O. The molecule has 14 heteroatoms. The molecular formula is C16H17Cl2N3O8S. The summed E-state index contributed by atoms with van der Waals surface area (Å²) in [5.41, 5.74) is 5.31. The summed E-state index contributed by atoms with van der Waals surface area (Å²) in [5, 5.41) is 21.0. The van der Waals surface area contributed by atoms with E-state index in [0.29, 0.717) is 11.8 Å². The van der Waals surface area contributed by atoms with Gasteiger partial charge in [0.05, 0.1) is 9.94 Å². The van der Waals surface area contributed by atoms with E-state index in [1.165, 1.54) is 0 Å². The second kappa shape index (κ2) is 11.7. The van der Waals surface area contributed by atoms with Crippen LogP contribution < -0.4 is 16.4 Å². The molecule has 0 aromatic heterocycles. The molecule has 0 radical (unpaired) electrons. The fourth-order valence-electron chi connectivity index (χ4n) is 2.01. The molecule has 6 N–H and O–H groups in total. The maximum atomic E-state index is 12.2. The Bertz CT molecular complexity index is 842. The molecule has 0 unspecified atom stereocenters. The van der Waals surface area contributed by atoms with Gasteiger partial charge in [-0.3, -0.25) is 28.8 Å². The highest BCUT2D eigenvalue weighted by Crippen LogP contribution is 2.32. The van der Waals surface area contributed by atoms with Gasteiger partial charge in [-0.2, -0.15) is 0 Å². The van der Waals surface area contributed by atoms with Crippen LogP contribution in [0, 0.1) is 0 Å². The zero-order valence-electron chi connectivity index (χ0n) is 15.1. The molecule has 0 aromatic rings. The summed E-state index contributed by atoms with van der Waals surface area (Å²) in [6.07, 6.45) is 0.319. The molecule has 0 fully saturated rings. The number of carboxylic acid groups (broad SMARTS) is 2. The van der Waals surface area contributed by atoms with Crippen LogP contribution in [0.3, 0.4) is 0 Å². The van der Waals surface area contributed by atoms with Gasteiger partial charge in [-0.1, -0.05) is 23.2 Å². The zero-order valence-corrected chi connectivity index (χ0v) is 17.5. The number of amides is 2. The van der Waals surface area contributed by atoms with Crippen LogP contribution in [-0.4, -0.2) is 69.9 Å². The minimum Gasteiger partial charge on any atom is -0.480 e. The zero-order chi connectivity index (χ0) is 23.0. The van der Waals surface area contributed by atoms with Gasteiger partial charge in [0, 0.05) is 18.2 Å². The average molecular weight is 482 g/mol. The van der Waals surface area contributed by atoms with Crippen molar-refractivity contribution >= 4 is 70.3 Å². The molecule has 0 heterocycles. The molecule has 0 saturated carbocycles. The minimum absolute atomic E-state index is 0.206. The average Bonchev–Trinajstić information content (AvgIpc) is 2.67. The van der Waals surface area contributed by atoms with Gasteiger partial charge in [-0.15, -0.1) is 11.8 Å². The quantitative estimate of drug-likeness (QED) is 0.236. The number of carbonyl (C=O) groups excluding carboxylic acids is 4. The van der Waals surface area contributed by atoms with Crippen molar-refractivity contribution in [2.75, 3.05) is 12.3 Å². The molecule has 30 heavy (non-hydrogen) atoms. The number of halogens is 2. The summed E-state index contributed by atoms with van der Waals surface area (Å²) < 4.78 is 0. The molecule has 1 aliphatic rings. The van der Waals surface area contributed by atoms with Crippen LogP contribution in [0.25, 0.3) is 0 Å². The summed E-state index contributed by atoms with van der Waals surface area (Å²) >= 11 is 12.2. The summed E-state index contributed by atoms with van der Waals surface area (Å²) in [5.74, 6) is -5.99. The highest BCUT2D eigenvalue weighted by Gasteiger charge is 2.30. The number of hydrogen-bond donors (Lipinski definition) is 5. The normalized spacial score (nSPS) is 15.9. The van der Waals surface area contributed by atoms with Crippen molar-refractivity contribution in [3.05, 3.63) is 21.0 Å². The van der Waals surface area contributed by atoms with Crippen LogP contribution in [0.1, 0.15) is 12.8 Å². The van der Waals surface area contributed by atoms with Gasteiger partial charge in [0.25, 0.3) is 0 Å². The number of carboxylic acids is 2. The smallest absolute Gasteiger partial charge is 0.322 e. The Hall–Kier alpha value is -2.41. The molecule has 0 saturated heterocycles. The molecule has 11 nitrogen and oxygen atoms in total. The Balaban J connectivity index is 2.87. The maximum absolute atomic E-state index is 12.2. The second-order valence-electron chi connectivity index (χ2n) is 5.85. The molecule has 0 bridgehead atoms. The monoisotopic (exact) mass is 481 g/mol. The first-order valence-corrected chi connectivity index (χ1v) is 9.94. The van der Waals surface area contributed by atoms with E-state index in [-0.39, 0.29) is 28.5 Å². The summed E-state index contributed by atoms with van der Waals surface area (Å²) in [6, 6.07) is -2.61. The first-order chi connectivity index (χ1) is 13.9. The van der Waals surface area contributed by atoms with E-state index in [0.717, 1.165) is 6.08 Å². The van der Waals surface area contributed by atoms with Crippen LogP contribution in [0.5, 0.6) is 0 Å². The van der Waals surface area contributed by atoms with Gasteiger partial charge in [-0.05, 0) is 6.42 Å². The van der Waals surface area contributed by atoms with Crippen molar-refractivity contribution in [1.82, 2.24) is 10.6 Å². The lowest BCUT2D eigenvalue weighted by molar-refractivity contribution is -0.139. The van der Waals surface area contributed by atoms with E-state index in [9.17, 15) is 28.8 Å². The number of nitrogens with one attached hydrogen (secondary N) is 2. The Kier molecular flexibility index (Phi) is 9.99. The third kappa shape index (κ3) is 7.78. The van der Waals surface area contributed by atoms with Gasteiger partial charge in [0.2, 0.25) is 17.6 Å². The lowest BCUT2D eigenvalue weighted by Crippen LogP contribution is -2.49. The molecule has 1 aliphatic carbocycles. The number of nitrogens with two attached hydrogens (primary N) is 1. The van der Waals surface area contributed by atoms with Gasteiger partial charge >= 0.3 is 11.9 Å². The highest BCUT2D eigenvalue weighted by molar-refractivity contribution is 8.04. The van der Waals surface area contributed by atoms with E-state index < -0.39 is 59.0 Å². The standard InChI is InChI=1S/C16H17Cl2N3O8S/c17-6-3-9(22)12(18)14(13(6)26)30-5-8(15(27)20-4-11(24)25)21-10(23)2-1-7(19)16(28)29/h3,7-8H,1-2,4-5,19H2,(H,20,27)(H,21,23)(H,24,25)(H,28,29)/t7-,8-/m0/s1. The predicted molar refractivity (Wildman–Crippen MR) is 107 cm³/mol. The van der Waals surface area contributed by atoms with E-state index in [2.05, 4.69) is 10.6 Å². The van der Waals surface area contributed by atoms with E-state index in [4.69, 9.17) is 39.1 Å². The largest absolute Gasteiger partial charge is 0.480 e. The van der Waals surface area contributed by atoms with Crippen molar-refractivity contribution in [1.29, 1.82) is 0 Å². The highest BCUT2D eigenvalue weighted by atomic mass is 35.5. The molecular weight excluding hydrogens is 465 g/mol. The predicted octanol–water partition coefficient (Wildman–Crippen LogP) is -0.678. The molecule has 164 valence electrons. The van der Waals surface area contributed by atoms with Crippen LogP contribution in [-0.2, 0) is 28.8 Å². The molecule has 2 atom stereocenters. The van der Waals surface area contributed by atoms with Crippen LogP contribution >= 0.6 is 35.0 Å². The van der Waals surface area contributed by atoms with Crippen LogP contribution in [0.15, 0.2) is 21.0 Å². The number of rotatable bonds is 11. The third-order valence-corrected chi connectivity index (χ3v) is 5.50. The van der Waals surface area contributed by atoms with Crippen LogP contribution in [0.2, 0.25) is 0 Å². The first kappa shape index (κ1) is 25.6. The fourth-order valence-corrected chi connectivity index (χ4v) is 3.60. The first-order valence-electron chi connectivity index (χ1n) is 8.20. The van der Waals surface area contributed by atoms with Crippen molar-refractivity contribution in [3.63, 3.8) is 0 Å². The number of ketones is 2. The summed E-state index contributed by atoms with van der Waals surface area (Å²) in [7, 11) is 0. The number of aliphatic carboxylic acids is 2.